The standard InChI is InChI=1S/C10H23N3O3S/c1-16-8-10(12-11)6-9-4-3-5-13(7-9)17(2,14)15/h9-10,12H,3-8,11H2,1-2H3. The van der Waals surface area contributed by atoms with Gasteiger partial charge in [0.25, 0.3) is 0 Å². The van der Waals surface area contributed by atoms with E-state index in [1.807, 2.05) is 0 Å². The van der Waals surface area contributed by atoms with Crippen LogP contribution in [-0.2, 0) is 14.8 Å². The normalized spacial score (nSPS) is 24.8. The highest BCUT2D eigenvalue weighted by Gasteiger charge is 2.27. The van der Waals surface area contributed by atoms with Gasteiger partial charge in [-0.05, 0) is 25.2 Å². The molecule has 0 aromatic rings. The van der Waals surface area contributed by atoms with Crippen molar-refractivity contribution >= 4 is 10.0 Å². The van der Waals surface area contributed by atoms with E-state index in [1.165, 1.54) is 6.26 Å². The second-order valence-corrected chi connectivity index (χ2v) is 6.67. The minimum absolute atomic E-state index is 0.0875. The van der Waals surface area contributed by atoms with Gasteiger partial charge in [0.2, 0.25) is 10.0 Å². The van der Waals surface area contributed by atoms with Gasteiger partial charge in [-0.25, -0.2) is 12.7 Å². The molecule has 7 heteroatoms. The Labute approximate surface area is 104 Å². The fourth-order valence-corrected chi connectivity index (χ4v) is 3.25. The van der Waals surface area contributed by atoms with Gasteiger partial charge >= 0.3 is 0 Å². The first-order valence-electron chi connectivity index (χ1n) is 5.87. The van der Waals surface area contributed by atoms with Gasteiger partial charge in [0.1, 0.15) is 0 Å². The van der Waals surface area contributed by atoms with E-state index >= 15 is 0 Å². The molecule has 0 aliphatic carbocycles. The summed E-state index contributed by atoms with van der Waals surface area (Å²) in [7, 11) is -1.43. The van der Waals surface area contributed by atoms with E-state index in [-0.39, 0.29) is 6.04 Å². The molecule has 1 saturated heterocycles. The largest absolute Gasteiger partial charge is 0.383 e. The fourth-order valence-electron chi connectivity index (χ4n) is 2.31. The van der Waals surface area contributed by atoms with Gasteiger partial charge in [-0.15, -0.1) is 0 Å². The second-order valence-electron chi connectivity index (χ2n) is 4.68. The number of ether oxygens (including phenoxy) is 1. The number of nitrogens with one attached hydrogen (secondary N) is 1. The predicted octanol–water partition coefficient (Wildman–Crippen LogP) is -0.474. The predicted molar refractivity (Wildman–Crippen MR) is 66.7 cm³/mol. The zero-order chi connectivity index (χ0) is 12.9. The molecule has 102 valence electrons. The third-order valence-electron chi connectivity index (χ3n) is 3.17. The van der Waals surface area contributed by atoms with E-state index < -0.39 is 10.0 Å². The van der Waals surface area contributed by atoms with Gasteiger partial charge in [0, 0.05) is 26.2 Å². The number of sulfonamides is 1. The van der Waals surface area contributed by atoms with Crippen LogP contribution in [0.3, 0.4) is 0 Å². The van der Waals surface area contributed by atoms with Crippen LogP contribution in [0.2, 0.25) is 0 Å². The molecule has 0 saturated carbocycles. The molecule has 0 aromatic carbocycles. The van der Waals surface area contributed by atoms with Gasteiger partial charge < -0.3 is 4.74 Å². The maximum atomic E-state index is 11.5. The highest BCUT2D eigenvalue weighted by Crippen LogP contribution is 2.22. The van der Waals surface area contributed by atoms with Gasteiger partial charge in [0.05, 0.1) is 12.9 Å². The molecular formula is C10H23N3O3S. The molecule has 0 aromatic heterocycles. The third kappa shape index (κ3) is 4.89. The number of hydrogen-bond donors (Lipinski definition) is 2. The second kappa shape index (κ2) is 6.65. The Kier molecular flexibility index (Phi) is 5.81. The molecule has 1 heterocycles. The molecule has 2 unspecified atom stereocenters. The van der Waals surface area contributed by atoms with Crippen LogP contribution in [-0.4, -0.2) is 51.8 Å². The van der Waals surface area contributed by atoms with Crippen LogP contribution in [0.15, 0.2) is 0 Å². The van der Waals surface area contributed by atoms with Crippen LogP contribution < -0.4 is 11.3 Å². The van der Waals surface area contributed by atoms with Crippen LogP contribution in [0.25, 0.3) is 0 Å². The van der Waals surface area contributed by atoms with Crippen molar-refractivity contribution in [3.05, 3.63) is 0 Å². The summed E-state index contributed by atoms with van der Waals surface area (Å²) < 4.78 is 29.6. The minimum atomic E-state index is -3.06. The SMILES string of the molecule is COCC(CC1CCCN(S(C)(=O)=O)C1)NN. The Hall–Kier alpha value is -0.210. The van der Waals surface area contributed by atoms with Crippen LogP contribution in [0, 0.1) is 5.92 Å². The molecular weight excluding hydrogens is 242 g/mol. The number of rotatable bonds is 6. The van der Waals surface area contributed by atoms with E-state index in [0.717, 1.165) is 19.3 Å². The summed E-state index contributed by atoms with van der Waals surface area (Å²) >= 11 is 0. The highest BCUT2D eigenvalue weighted by molar-refractivity contribution is 7.88. The van der Waals surface area contributed by atoms with Crippen LogP contribution in [0.4, 0.5) is 0 Å². The molecule has 3 N–H and O–H groups in total. The first-order valence-corrected chi connectivity index (χ1v) is 7.72. The van der Waals surface area contributed by atoms with Crippen LogP contribution in [0.5, 0.6) is 0 Å². The molecule has 2 atom stereocenters. The Morgan fingerprint density at radius 2 is 2.29 bits per heavy atom. The third-order valence-corrected chi connectivity index (χ3v) is 4.44. The number of nitrogens with two attached hydrogens (primary N) is 1. The molecule has 17 heavy (non-hydrogen) atoms. The van der Waals surface area contributed by atoms with E-state index in [0.29, 0.717) is 25.6 Å². The Bertz CT molecular complexity index is 321. The van der Waals surface area contributed by atoms with E-state index in [1.54, 1.807) is 11.4 Å². The lowest BCUT2D eigenvalue weighted by Crippen LogP contribution is -2.44. The summed E-state index contributed by atoms with van der Waals surface area (Å²) in [4.78, 5) is 0. The molecule has 6 nitrogen and oxygen atoms in total. The van der Waals surface area contributed by atoms with E-state index in [9.17, 15) is 8.42 Å². The number of methoxy groups -OCH3 is 1. The van der Waals surface area contributed by atoms with Crippen molar-refractivity contribution in [3.63, 3.8) is 0 Å². The molecule has 0 amide bonds. The molecule has 1 aliphatic rings. The first kappa shape index (κ1) is 14.8. The maximum absolute atomic E-state index is 11.5. The summed E-state index contributed by atoms with van der Waals surface area (Å²) in [5, 5.41) is 0. The molecule has 1 rings (SSSR count). The molecule has 0 bridgehead atoms. The van der Waals surface area contributed by atoms with Gasteiger partial charge in [-0.3, -0.25) is 11.3 Å². The zero-order valence-corrected chi connectivity index (χ0v) is 11.4. The zero-order valence-electron chi connectivity index (χ0n) is 10.6. The van der Waals surface area contributed by atoms with Crippen molar-refractivity contribution in [2.24, 2.45) is 11.8 Å². The number of nitrogens with zero attached hydrogens (tertiary/aromatic N) is 1. The quantitative estimate of drug-likeness (QED) is 0.501. The lowest BCUT2D eigenvalue weighted by molar-refractivity contribution is 0.143. The lowest BCUT2D eigenvalue weighted by atomic mass is 9.93. The topological polar surface area (TPSA) is 84.7 Å². The average molecular weight is 265 g/mol. The highest BCUT2D eigenvalue weighted by atomic mass is 32.2. The van der Waals surface area contributed by atoms with Gasteiger partial charge in [-0.2, -0.15) is 0 Å². The summed E-state index contributed by atoms with van der Waals surface area (Å²) in [6.07, 6.45) is 4.08. The Balaban J connectivity index is 2.49. The minimum Gasteiger partial charge on any atom is -0.383 e. The molecule has 0 spiro atoms. The maximum Gasteiger partial charge on any atom is 0.211 e. The smallest absolute Gasteiger partial charge is 0.211 e. The van der Waals surface area contributed by atoms with Crippen molar-refractivity contribution in [3.8, 4) is 0 Å². The summed E-state index contributed by atoms with van der Waals surface area (Å²) in [6.45, 7) is 1.78. The monoisotopic (exact) mass is 265 g/mol. The molecule has 0 radical (unpaired) electrons. The van der Waals surface area contributed by atoms with Crippen molar-refractivity contribution in [1.82, 2.24) is 9.73 Å². The number of hydrazine groups is 1. The van der Waals surface area contributed by atoms with Crippen LogP contribution >= 0.6 is 0 Å². The van der Waals surface area contributed by atoms with E-state index in [4.69, 9.17) is 10.6 Å². The van der Waals surface area contributed by atoms with Crippen molar-refractivity contribution < 1.29 is 13.2 Å². The van der Waals surface area contributed by atoms with Crippen molar-refractivity contribution in [2.45, 2.75) is 25.3 Å². The van der Waals surface area contributed by atoms with Crippen molar-refractivity contribution in [2.75, 3.05) is 33.1 Å². The Morgan fingerprint density at radius 3 is 2.82 bits per heavy atom. The summed E-state index contributed by atoms with van der Waals surface area (Å²) in [5.74, 6) is 5.79. The average Bonchev–Trinajstić information content (AvgIpc) is 2.28. The van der Waals surface area contributed by atoms with Gasteiger partial charge in [0.15, 0.2) is 0 Å². The Morgan fingerprint density at radius 1 is 1.59 bits per heavy atom. The van der Waals surface area contributed by atoms with Gasteiger partial charge in [-0.1, -0.05) is 0 Å². The number of hydrogen-bond acceptors (Lipinski definition) is 5. The molecule has 1 aliphatic heterocycles. The fraction of sp³-hybridized carbons (Fsp3) is 1.00. The lowest BCUT2D eigenvalue weighted by Gasteiger charge is -2.32. The summed E-state index contributed by atoms with van der Waals surface area (Å²) in [6, 6.07) is 0.0875. The molecule has 1 fully saturated rings. The summed E-state index contributed by atoms with van der Waals surface area (Å²) in [5.41, 5.74) is 2.71. The number of piperidine rings is 1. The van der Waals surface area contributed by atoms with Crippen molar-refractivity contribution in [1.29, 1.82) is 0 Å². The van der Waals surface area contributed by atoms with E-state index in [2.05, 4.69) is 5.43 Å². The first-order chi connectivity index (χ1) is 7.97. The van der Waals surface area contributed by atoms with Crippen LogP contribution in [0.1, 0.15) is 19.3 Å².